The summed E-state index contributed by atoms with van der Waals surface area (Å²) in [5.74, 6) is 0.172. The van der Waals surface area contributed by atoms with Gasteiger partial charge in [0.1, 0.15) is 0 Å². The number of nitrogens with one attached hydrogen (secondary N) is 1. The van der Waals surface area contributed by atoms with Gasteiger partial charge in [0.15, 0.2) is 0 Å². The molecule has 1 aromatic carbocycles. The fourth-order valence-corrected chi connectivity index (χ4v) is 3.50. The van der Waals surface area contributed by atoms with Crippen LogP contribution < -0.4 is 5.32 Å². The average Bonchev–Trinajstić information content (AvgIpc) is 2.48. The van der Waals surface area contributed by atoms with Crippen molar-refractivity contribution in [3.63, 3.8) is 0 Å². The summed E-state index contributed by atoms with van der Waals surface area (Å²) in [7, 11) is 0. The zero-order chi connectivity index (χ0) is 16.1. The molecule has 1 aliphatic rings. The summed E-state index contributed by atoms with van der Waals surface area (Å²) in [4.78, 5) is 15.2. The quantitative estimate of drug-likeness (QED) is 0.884. The van der Waals surface area contributed by atoms with E-state index in [0.717, 1.165) is 42.7 Å². The average molecular weight is 302 g/mol. The van der Waals surface area contributed by atoms with Crippen molar-refractivity contribution in [3.8, 4) is 0 Å². The van der Waals surface area contributed by atoms with Crippen molar-refractivity contribution in [1.82, 2.24) is 4.90 Å². The van der Waals surface area contributed by atoms with Crippen LogP contribution in [0.15, 0.2) is 12.1 Å². The molecule has 0 aromatic heterocycles. The Morgan fingerprint density at radius 1 is 1.23 bits per heavy atom. The number of carbonyl (C=O) groups is 1. The normalized spacial score (nSPS) is 19.2. The summed E-state index contributed by atoms with van der Waals surface area (Å²) < 4.78 is 0. The lowest BCUT2D eigenvalue weighted by molar-refractivity contribution is -0.122. The molecule has 1 N–H and O–H groups in total. The molecule has 3 nitrogen and oxygen atoms in total. The lowest BCUT2D eigenvalue weighted by Crippen LogP contribution is -2.47. The summed E-state index contributed by atoms with van der Waals surface area (Å²) in [6.07, 6.45) is 5.72. The van der Waals surface area contributed by atoms with Crippen LogP contribution in [0, 0.1) is 20.8 Å². The minimum Gasteiger partial charge on any atom is -0.324 e. The van der Waals surface area contributed by atoms with Crippen LogP contribution >= 0.6 is 0 Å². The lowest BCUT2D eigenvalue weighted by atomic mass is 9.99. The number of unbranched alkanes of at least 4 members (excludes halogenated alkanes) is 1. The Labute approximate surface area is 135 Å². The molecule has 0 spiro atoms. The first-order valence-corrected chi connectivity index (χ1v) is 8.65. The van der Waals surface area contributed by atoms with Crippen LogP contribution in [0.2, 0.25) is 0 Å². The minimum absolute atomic E-state index is 0.0420. The van der Waals surface area contributed by atoms with Gasteiger partial charge in [-0.3, -0.25) is 9.69 Å². The molecule has 1 aliphatic heterocycles. The first kappa shape index (κ1) is 17.0. The molecule has 0 saturated carbocycles. The lowest BCUT2D eigenvalue weighted by Gasteiger charge is -2.34. The molecule has 0 bridgehead atoms. The number of hydrogen-bond donors (Lipinski definition) is 1. The van der Waals surface area contributed by atoms with Crippen molar-refractivity contribution < 1.29 is 4.79 Å². The Bertz CT molecular complexity index is 501. The predicted molar refractivity (Wildman–Crippen MR) is 93.4 cm³/mol. The molecule has 1 fully saturated rings. The first-order chi connectivity index (χ1) is 10.5. The van der Waals surface area contributed by atoms with Crippen LogP contribution in [0.4, 0.5) is 5.69 Å². The van der Waals surface area contributed by atoms with Gasteiger partial charge in [-0.05, 0) is 64.3 Å². The van der Waals surface area contributed by atoms with E-state index in [0.29, 0.717) is 0 Å². The monoisotopic (exact) mass is 302 g/mol. The Morgan fingerprint density at radius 3 is 2.55 bits per heavy atom. The van der Waals surface area contributed by atoms with Crippen molar-refractivity contribution in [1.29, 1.82) is 0 Å². The zero-order valence-electron chi connectivity index (χ0n) is 14.5. The van der Waals surface area contributed by atoms with Gasteiger partial charge in [0.05, 0.1) is 6.04 Å². The highest BCUT2D eigenvalue weighted by atomic mass is 16.2. The minimum atomic E-state index is 0.0420. The largest absolute Gasteiger partial charge is 0.324 e. The number of anilines is 1. The smallest absolute Gasteiger partial charge is 0.241 e. The van der Waals surface area contributed by atoms with Gasteiger partial charge in [0.2, 0.25) is 5.91 Å². The number of piperidine rings is 1. The third-order valence-electron chi connectivity index (χ3n) is 4.64. The molecular weight excluding hydrogens is 272 g/mol. The van der Waals surface area contributed by atoms with Crippen LogP contribution in [0.5, 0.6) is 0 Å². The second-order valence-electron chi connectivity index (χ2n) is 6.66. The highest BCUT2D eigenvalue weighted by Gasteiger charge is 2.28. The maximum Gasteiger partial charge on any atom is 0.241 e. The van der Waals surface area contributed by atoms with Crippen molar-refractivity contribution in [2.24, 2.45) is 0 Å². The Hall–Kier alpha value is -1.35. The number of likely N-dealkylation sites (tertiary alicyclic amines) is 1. The SMILES string of the molecule is CCCCN1CCCC[C@@H]1C(=O)Nc1c(C)cc(C)cc1C. The molecule has 1 heterocycles. The van der Waals surface area contributed by atoms with E-state index in [1.165, 1.54) is 24.8 Å². The number of amides is 1. The number of rotatable bonds is 5. The molecule has 0 radical (unpaired) electrons. The fraction of sp³-hybridized carbons (Fsp3) is 0.632. The van der Waals surface area contributed by atoms with Gasteiger partial charge in [0.25, 0.3) is 0 Å². The Morgan fingerprint density at radius 2 is 1.91 bits per heavy atom. The van der Waals surface area contributed by atoms with Gasteiger partial charge < -0.3 is 5.32 Å². The maximum atomic E-state index is 12.8. The van der Waals surface area contributed by atoms with Crippen LogP contribution in [-0.4, -0.2) is 29.9 Å². The molecule has 2 rings (SSSR count). The summed E-state index contributed by atoms with van der Waals surface area (Å²) in [5, 5.41) is 3.20. The molecular formula is C19H30N2O. The number of carbonyl (C=O) groups excluding carboxylic acids is 1. The third kappa shape index (κ3) is 4.10. The highest BCUT2D eigenvalue weighted by Crippen LogP contribution is 2.24. The zero-order valence-corrected chi connectivity index (χ0v) is 14.5. The summed E-state index contributed by atoms with van der Waals surface area (Å²) >= 11 is 0. The van der Waals surface area contributed by atoms with Gasteiger partial charge in [-0.1, -0.05) is 37.5 Å². The molecule has 1 aromatic rings. The van der Waals surface area contributed by atoms with E-state index in [1.54, 1.807) is 0 Å². The fourth-order valence-electron chi connectivity index (χ4n) is 3.50. The highest BCUT2D eigenvalue weighted by molar-refractivity contribution is 5.96. The molecule has 22 heavy (non-hydrogen) atoms. The van der Waals surface area contributed by atoms with E-state index in [9.17, 15) is 4.79 Å². The number of nitrogens with zero attached hydrogens (tertiary/aromatic N) is 1. The third-order valence-corrected chi connectivity index (χ3v) is 4.64. The summed E-state index contributed by atoms with van der Waals surface area (Å²) in [6, 6.07) is 4.32. The maximum absolute atomic E-state index is 12.8. The van der Waals surface area contributed by atoms with E-state index >= 15 is 0 Å². The van der Waals surface area contributed by atoms with Gasteiger partial charge in [-0.25, -0.2) is 0 Å². The molecule has 0 unspecified atom stereocenters. The van der Waals surface area contributed by atoms with E-state index in [2.05, 4.69) is 50.0 Å². The molecule has 1 atom stereocenters. The second-order valence-corrected chi connectivity index (χ2v) is 6.66. The van der Waals surface area contributed by atoms with E-state index in [1.807, 2.05) is 0 Å². The summed E-state index contributed by atoms with van der Waals surface area (Å²) in [6.45, 7) is 10.6. The van der Waals surface area contributed by atoms with E-state index < -0.39 is 0 Å². The van der Waals surface area contributed by atoms with Gasteiger partial charge in [-0.2, -0.15) is 0 Å². The number of hydrogen-bond acceptors (Lipinski definition) is 2. The topological polar surface area (TPSA) is 32.3 Å². The molecule has 0 aliphatic carbocycles. The Balaban J connectivity index is 2.10. The predicted octanol–water partition coefficient (Wildman–Crippen LogP) is 4.20. The van der Waals surface area contributed by atoms with Gasteiger partial charge >= 0.3 is 0 Å². The molecule has 3 heteroatoms. The first-order valence-electron chi connectivity index (χ1n) is 8.65. The van der Waals surface area contributed by atoms with Crippen molar-refractivity contribution in [3.05, 3.63) is 28.8 Å². The second kappa shape index (κ2) is 7.77. The van der Waals surface area contributed by atoms with Crippen LogP contribution in [-0.2, 0) is 4.79 Å². The van der Waals surface area contributed by atoms with Crippen LogP contribution in [0.1, 0.15) is 55.7 Å². The van der Waals surface area contributed by atoms with Gasteiger partial charge in [0, 0.05) is 5.69 Å². The molecule has 1 amide bonds. The number of aryl methyl sites for hydroxylation is 3. The van der Waals surface area contributed by atoms with Crippen LogP contribution in [0.3, 0.4) is 0 Å². The molecule has 1 saturated heterocycles. The molecule has 122 valence electrons. The van der Waals surface area contributed by atoms with Crippen molar-refractivity contribution in [2.45, 2.75) is 65.8 Å². The van der Waals surface area contributed by atoms with Crippen LogP contribution in [0.25, 0.3) is 0 Å². The standard InChI is InChI=1S/C19H30N2O/c1-5-6-10-21-11-8-7-9-17(21)19(22)20-18-15(3)12-14(2)13-16(18)4/h12-13,17H,5-11H2,1-4H3,(H,20,22)/t17-/m1/s1. The number of benzene rings is 1. The van der Waals surface area contributed by atoms with Gasteiger partial charge in [-0.15, -0.1) is 0 Å². The van der Waals surface area contributed by atoms with E-state index in [-0.39, 0.29) is 11.9 Å². The van der Waals surface area contributed by atoms with E-state index in [4.69, 9.17) is 0 Å². The summed E-state index contributed by atoms with van der Waals surface area (Å²) in [5.41, 5.74) is 4.55. The Kier molecular flexibility index (Phi) is 6.01. The van der Waals surface area contributed by atoms with Crippen molar-refractivity contribution >= 4 is 11.6 Å². The van der Waals surface area contributed by atoms with Crippen molar-refractivity contribution in [2.75, 3.05) is 18.4 Å².